The van der Waals surface area contributed by atoms with Gasteiger partial charge in [-0.2, -0.15) is 0 Å². The zero-order valence-electron chi connectivity index (χ0n) is 34.8. The highest BCUT2D eigenvalue weighted by Gasteiger charge is 2.13. The number of carbonyl (C=O) groups excluding carboxylic acids is 2. The highest BCUT2D eigenvalue weighted by atomic mass is 79.9. The monoisotopic (exact) mass is 864 g/mol. The first kappa shape index (κ1) is 47.1. The van der Waals surface area contributed by atoms with E-state index in [-0.39, 0.29) is 0 Å². The molecule has 0 radical (unpaired) electrons. The largest absolute Gasteiger partial charge is 0.488 e. The van der Waals surface area contributed by atoms with Gasteiger partial charge in [-0.3, -0.25) is 9.59 Å². The molecule has 0 heterocycles. The molecule has 61 heavy (non-hydrogen) atoms. The van der Waals surface area contributed by atoms with Gasteiger partial charge in [0.25, 0.3) is 0 Å². The molecule has 304 valence electrons. The third-order valence-electron chi connectivity index (χ3n) is 9.36. The highest BCUT2D eigenvalue weighted by molar-refractivity contribution is 9.15. The SMILES string of the molecule is CC#Cc1ccccc1.CC/C(=C(/Br)c1ccccc1)c1ccccc1.CC/C(=C(\c1ccccc1)c1ccc(C=O)cc1)c1ccccc1.O=Cc1ccc(B(O)O)cc1. The van der Waals surface area contributed by atoms with E-state index in [2.05, 4.69) is 139 Å². The normalized spacial score (nSPS) is 10.8. The highest BCUT2D eigenvalue weighted by Crippen LogP contribution is 2.35. The third-order valence-corrected chi connectivity index (χ3v) is 10.3. The Labute approximate surface area is 370 Å². The van der Waals surface area contributed by atoms with Crippen LogP contribution in [0.2, 0.25) is 0 Å². The van der Waals surface area contributed by atoms with Crippen molar-refractivity contribution in [3.8, 4) is 11.8 Å². The lowest BCUT2D eigenvalue weighted by molar-refractivity contribution is 0.111. The van der Waals surface area contributed by atoms with Crippen molar-refractivity contribution >= 4 is 62.3 Å². The van der Waals surface area contributed by atoms with Crippen molar-refractivity contribution in [2.45, 2.75) is 33.6 Å². The summed E-state index contributed by atoms with van der Waals surface area (Å²) in [6.45, 7) is 6.21. The van der Waals surface area contributed by atoms with Crippen LogP contribution in [0.1, 0.15) is 87.7 Å². The number of benzene rings is 7. The number of carbonyl (C=O) groups is 2. The average Bonchev–Trinajstić information content (AvgIpc) is 3.33. The number of halogens is 1. The van der Waals surface area contributed by atoms with Gasteiger partial charge in [0, 0.05) is 21.2 Å². The smallest absolute Gasteiger partial charge is 0.423 e. The first-order valence-corrected chi connectivity index (χ1v) is 20.9. The van der Waals surface area contributed by atoms with Gasteiger partial charge < -0.3 is 10.0 Å². The van der Waals surface area contributed by atoms with Crippen molar-refractivity contribution in [1.82, 2.24) is 0 Å². The van der Waals surface area contributed by atoms with Gasteiger partial charge in [0.15, 0.2) is 0 Å². The number of aldehydes is 2. The molecule has 0 fully saturated rings. The molecule has 6 heteroatoms. The van der Waals surface area contributed by atoms with E-state index < -0.39 is 7.12 Å². The predicted octanol–water partition coefficient (Wildman–Crippen LogP) is 12.5. The summed E-state index contributed by atoms with van der Waals surface area (Å²) in [4.78, 5) is 21.1. The molecule has 0 aliphatic carbocycles. The van der Waals surface area contributed by atoms with Crippen LogP contribution >= 0.6 is 15.9 Å². The van der Waals surface area contributed by atoms with Crippen molar-refractivity contribution in [1.29, 1.82) is 0 Å². The summed E-state index contributed by atoms with van der Waals surface area (Å²) >= 11 is 3.73. The molecule has 0 spiro atoms. The number of rotatable bonds is 10. The van der Waals surface area contributed by atoms with Crippen molar-refractivity contribution in [3.63, 3.8) is 0 Å². The van der Waals surface area contributed by atoms with Crippen LogP contribution in [0.4, 0.5) is 0 Å². The lowest BCUT2D eigenvalue weighted by Gasteiger charge is -2.16. The molecule has 0 atom stereocenters. The van der Waals surface area contributed by atoms with E-state index in [1.807, 2.05) is 85.8 Å². The van der Waals surface area contributed by atoms with Crippen LogP contribution in [-0.2, 0) is 0 Å². The number of allylic oxidation sites excluding steroid dienone is 2. The van der Waals surface area contributed by atoms with Gasteiger partial charge in [0.1, 0.15) is 12.6 Å². The Morgan fingerprint density at radius 2 is 0.852 bits per heavy atom. The zero-order valence-corrected chi connectivity index (χ0v) is 36.4. The van der Waals surface area contributed by atoms with Crippen molar-refractivity contribution in [2.75, 3.05) is 0 Å². The second-order valence-corrected chi connectivity index (χ2v) is 14.2. The van der Waals surface area contributed by atoms with Gasteiger partial charge in [-0.15, -0.1) is 5.92 Å². The summed E-state index contributed by atoms with van der Waals surface area (Å²) in [7, 11) is -1.46. The molecule has 7 rings (SSSR count). The molecule has 2 N–H and O–H groups in total. The maximum Gasteiger partial charge on any atom is 0.488 e. The topological polar surface area (TPSA) is 74.6 Å². The van der Waals surface area contributed by atoms with Crippen LogP contribution in [0.5, 0.6) is 0 Å². The number of hydrogen-bond acceptors (Lipinski definition) is 4. The molecule has 0 saturated heterocycles. The predicted molar refractivity (Wildman–Crippen MR) is 260 cm³/mol. The van der Waals surface area contributed by atoms with Crippen LogP contribution in [0.3, 0.4) is 0 Å². The second kappa shape index (κ2) is 26.5. The molecule has 7 aromatic rings. The molecular weight excluding hydrogens is 815 g/mol. The quantitative estimate of drug-likeness (QED) is 0.0622. The fourth-order valence-corrected chi connectivity index (χ4v) is 7.08. The van der Waals surface area contributed by atoms with Crippen molar-refractivity contribution < 1.29 is 19.6 Å². The lowest BCUT2D eigenvalue weighted by Crippen LogP contribution is -2.29. The summed E-state index contributed by atoms with van der Waals surface area (Å²) in [6, 6.07) is 65.7. The van der Waals surface area contributed by atoms with Gasteiger partial charge in [0.2, 0.25) is 0 Å². The fraction of sp³-hybridized carbons (Fsp3) is 0.0909. The third kappa shape index (κ3) is 15.2. The van der Waals surface area contributed by atoms with Gasteiger partial charge in [-0.1, -0.05) is 208 Å². The summed E-state index contributed by atoms with van der Waals surface area (Å²) in [6.07, 6.45) is 3.53. The van der Waals surface area contributed by atoms with E-state index in [0.717, 1.165) is 30.3 Å². The van der Waals surface area contributed by atoms with E-state index in [9.17, 15) is 9.59 Å². The Kier molecular flexibility index (Phi) is 20.4. The van der Waals surface area contributed by atoms with Crippen LogP contribution in [0, 0.1) is 11.8 Å². The Morgan fingerprint density at radius 1 is 0.492 bits per heavy atom. The molecular formula is C55H50BBrO4. The van der Waals surface area contributed by atoms with Crippen LogP contribution < -0.4 is 5.46 Å². The molecule has 0 bridgehead atoms. The number of hydrogen-bond donors (Lipinski definition) is 2. The van der Waals surface area contributed by atoms with Crippen LogP contribution in [-0.4, -0.2) is 29.7 Å². The molecule has 0 saturated carbocycles. The second-order valence-electron chi connectivity index (χ2n) is 13.5. The van der Waals surface area contributed by atoms with E-state index in [1.165, 1.54) is 67.7 Å². The summed E-state index contributed by atoms with van der Waals surface area (Å²) in [5, 5.41) is 17.3. The molecule has 0 amide bonds. The van der Waals surface area contributed by atoms with Crippen LogP contribution in [0.15, 0.2) is 200 Å². The van der Waals surface area contributed by atoms with E-state index in [1.54, 1.807) is 0 Å². The standard InChI is InChI=1S/C23H20O.C16H15Br.C9H8.C7H7BO3/c1-2-22(19-9-5-3-6-10-19)23(20-11-7-4-8-12-20)21-15-13-18(17-24)14-16-21;1-2-15(13-9-5-3-6-10-13)16(17)14-11-7-4-8-12-14;1-2-6-9-7-4-3-5-8-9;9-5-6-1-3-7(4-2-6)8(10)11/h3-17H,2H2,1H3;3-12H,2H2,1H3;3-5,7-8H,1H3;1-5,10-11H/b23-22-;16-15-;;. The maximum absolute atomic E-state index is 11.0. The minimum absolute atomic E-state index is 0.385. The van der Waals surface area contributed by atoms with Crippen molar-refractivity contribution in [2.24, 2.45) is 0 Å². The lowest BCUT2D eigenvalue weighted by atomic mass is 9.80. The molecule has 0 aliphatic heterocycles. The maximum atomic E-state index is 11.0. The minimum Gasteiger partial charge on any atom is -0.423 e. The average molecular weight is 866 g/mol. The first-order valence-electron chi connectivity index (χ1n) is 20.1. The summed E-state index contributed by atoms with van der Waals surface area (Å²) in [5.74, 6) is 5.79. The fourth-order valence-electron chi connectivity index (χ4n) is 6.31. The minimum atomic E-state index is -1.46. The first-order chi connectivity index (χ1) is 29.8. The molecule has 4 nitrogen and oxygen atoms in total. The zero-order chi connectivity index (χ0) is 43.7. The molecule has 7 aromatic carbocycles. The molecule has 0 unspecified atom stereocenters. The Hall–Kier alpha value is -6.62. The van der Waals surface area contributed by atoms with Gasteiger partial charge in [0.05, 0.1) is 0 Å². The summed E-state index contributed by atoms with van der Waals surface area (Å²) < 4.78 is 1.19. The Balaban J connectivity index is 0.000000193. The molecule has 0 aliphatic rings. The molecule has 0 aromatic heterocycles. The van der Waals surface area contributed by atoms with Gasteiger partial charge in [-0.05, 0) is 97.8 Å². The Bertz CT molecular complexity index is 2470. The Morgan fingerprint density at radius 3 is 1.25 bits per heavy atom. The van der Waals surface area contributed by atoms with Gasteiger partial charge >= 0.3 is 7.12 Å². The van der Waals surface area contributed by atoms with Crippen LogP contribution in [0.25, 0.3) is 21.2 Å². The van der Waals surface area contributed by atoms with E-state index in [0.29, 0.717) is 22.9 Å². The van der Waals surface area contributed by atoms with E-state index in [4.69, 9.17) is 10.0 Å². The van der Waals surface area contributed by atoms with E-state index >= 15 is 0 Å². The van der Waals surface area contributed by atoms with Gasteiger partial charge in [-0.25, -0.2) is 0 Å². The van der Waals surface area contributed by atoms with Crippen molar-refractivity contribution in [3.05, 3.63) is 245 Å². The summed E-state index contributed by atoms with van der Waals surface area (Å²) in [5.41, 5.74) is 12.6.